The van der Waals surface area contributed by atoms with E-state index in [9.17, 15) is 18.4 Å². The third-order valence-corrected chi connectivity index (χ3v) is 7.17. The second-order valence-corrected chi connectivity index (χ2v) is 9.37. The molecule has 0 fully saturated rings. The van der Waals surface area contributed by atoms with Gasteiger partial charge in [0, 0.05) is 23.7 Å². The normalized spacial score (nSPS) is 11.5. The van der Waals surface area contributed by atoms with Gasteiger partial charge in [-0.2, -0.15) is 10.2 Å². The topological polar surface area (TPSA) is 121 Å². The summed E-state index contributed by atoms with van der Waals surface area (Å²) in [5.74, 6) is -1.27. The number of aryl methyl sites for hydroxylation is 2. The van der Waals surface area contributed by atoms with E-state index in [4.69, 9.17) is 5.73 Å². The summed E-state index contributed by atoms with van der Waals surface area (Å²) in [6.07, 6.45) is 0.472. The highest BCUT2D eigenvalue weighted by Crippen LogP contribution is 2.43. The van der Waals surface area contributed by atoms with Gasteiger partial charge in [-0.15, -0.1) is 11.3 Å². The van der Waals surface area contributed by atoms with E-state index in [2.05, 4.69) is 36.4 Å². The van der Waals surface area contributed by atoms with Crippen LogP contribution in [0.2, 0.25) is 0 Å². The summed E-state index contributed by atoms with van der Waals surface area (Å²) in [6, 6.07) is 1.26. The molecule has 0 aromatic carbocycles. The number of thiophene rings is 1. The summed E-state index contributed by atoms with van der Waals surface area (Å²) in [7, 11) is 0. The van der Waals surface area contributed by atoms with Gasteiger partial charge in [0.2, 0.25) is 5.91 Å². The van der Waals surface area contributed by atoms with Gasteiger partial charge in [-0.05, 0) is 48.3 Å². The fourth-order valence-electron chi connectivity index (χ4n) is 3.58. The number of primary amides is 1. The van der Waals surface area contributed by atoms with Crippen molar-refractivity contribution in [1.82, 2.24) is 24.5 Å². The quantitative estimate of drug-likeness (QED) is 0.352. The zero-order chi connectivity index (χ0) is 24.7. The Morgan fingerprint density at radius 3 is 2.59 bits per heavy atom. The van der Waals surface area contributed by atoms with E-state index in [-0.39, 0.29) is 21.9 Å². The van der Waals surface area contributed by atoms with Crippen molar-refractivity contribution in [2.45, 2.75) is 40.3 Å². The fourth-order valence-corrected chi connectivity index (χ4v) is 4.89. The van der Waals surface area contributed by atoms with E-state index < -0.39 is 23.9 Å². The molecule has 0 aliphatic carbocycles. The number of carbonyl (C=O) groups excluding carboxylic acids is 2. The molecule has 0 saturated carbocycles. The average Bonchev–Trinajstić information content (AvgIpc) is 3.44. The Morgan fingerprint density at radius 1 is 1.29 bits per heavy atom. The van der Waals surface area contributed by atoms with Crippen LogP contribution in [0.5, 0.6) is 0 Å². The molecule has 3 N–H and O–H groups in total. The number of nitrogens with one attached hydrogen (secondary N) is 1. The maximum Gasteiger partial charge on any atom is 0.280 e. The number of aromatic nitrogens is 5. The monoisotopic (exact) mass is 551 g/mol. The van der Waals surface area contributed by atoms with Gasteiger partial charge in [0.15, 0.2) is 0 Å². The van der Waals surface area contributed by atoms with E-state index >= 15 is 0 Å². The summed E-state index contributed by atoms with van der Waals surface area (Å²) in [5, 5.41) is 11.6. The molecule has 0 spiro atoms. The fraction of sp³-hybridized carbons (Fsp3) is 0.286. The molecule has 4 aromatic rings. The Bertz CT molecular complexity index is 1430. The molecule has 0 atom stereocenters. The van der Waals surface area contributed by atoms with Gasteiger partial charge in [-0.3, -0.25) is 19.0 Å². The minimum Gasteiger partial charge on any atom is -0.365 e. The van der Waals surface area contributed by atoms with Crippen LogP contribution in [-0.4, -0.2) is 36.4 Å². The van der Waals surface area contributed by atoms with Crippen molar-refractivity contribution in [3.05, 3.63) is 44.9 Å². The highest BCUT2D eigenvalue weighted by Gasteiger charge is 2.26. The highest BCUT2D eigenvalue weighted by atomic mass is 79.9. The van der Waals surface area contributed by atoms with Crippen LogP contribution >= 0.6 is 27.3 Å². The van der Waals surface area contributed by atoms with Crippen molar-refractivity contribution in [2.75, 3.05) is 5.32 Å². The summed E-state index contributed by atoms with van der Waals surface area (Å²) >= 11 is 4.20. The van der Waals surface area contributed by atoms with Crippen molar-refractivity contribution in [3.8, 4) is 11.1 Å². The number of amides is 2. The lowest BCUT2D eigenvalue weighted by Crippen LogP contribution is -2.22. The Hall–Kier alpha value is -3.19. The molecule has 0 aliphatic heterocycles. The first-order valence-electron chi connectivity index (χ1n) is 10.2. The zero-order valence-corrected chi connectivity index (χ0v) is 20.8. The van der Waals surface area contributed by atoms with Gasteiger partial charge >= 0.3 is 0 Å². The van der Waals surface area contributed by atoms with E-state index in [1.54, 1.807) is 30.9 Å². The van der Waals surface area contributed by atoms with Crippen molar-refractivity contribution in [2.24, 2.45) is 5.73 Å². The number of anilines is 1. The van der Waals surface area contributed by atoms with Gasteiger partial charge in [-0.1, -0.05) is 0 Å². The van der Waals surface area contributed by atoms with E-state index in [1.807, 2.05) is 6.92 Å². The number of nitrogens with zero attached hydrogens (tertiary/aromatic N) is 5. The number of pyridine rings is 1. The molecule has 4 rings (SSSR count). The smallest absolute Gasteiger partial charge is 0.280 e. The Labute approximate surface area is 205 Å². The van der Waals surface area contributed by atoms with Crippen molar-refractivity contribution in [3.63, 3.8) is 0 Å². The van der Waals surface area contributed by atoms with Crippen LogP contribution < -0.4 is 11.1 Å². The van der Waals surface area contributed by atoms with Crippen LogP contribution in [0, 0.1) is 13.8 Å². The molecule has 34 heavy (non-hydrogen) atoms. The van der Waals surface area contributed by atoms with Crippen LogP contribution in [0.25, 0.3) is 21.3 Å². The number of carbonyl (C=O) groups is 2. The molecule has 0 radical (unpaired) electrons. The lowest BCUT2D eigenvalue weighted by atomic mass is 10.0. The minimum absolute atomic E-state index is 0.0161. The largest absolute Gasteiger partial charge is 0.365 e. The Kier molecular flexibility index (Phi) is 6.49. The third kappa shape index (κ3) is 4.32. The van der Waals surface area contributed by atoms with Crippen molar-refractivity contribution < 1.29 is 18.4 Å². The molecule has 13 heteroatoms. The molecule has 0 aliphatic rings. The van der Waals surface area contributed by atoms with Gasteiger partial charge in [0.05, 0.1) is 27.7 Å². The second-order valence-electron chi connectivity index (χ2n) is 7.51. The van der Waals surface area contributed by atoms with Crippen LogP contribution in [-0.2, 0) is 17.9 Å². The second kappa shape index (κ2) is 9.22. The zero-order valence-electron chi connectivity index (χ0n) is 18.4. The molecule has 0 saturated heterocycles. The summed E-state index contributed by atoms with van der Waals surface area (Å²) in [5.41, 5.74) is 7.59. The number of rotatable bonds is 7. The SMILES string of the molecule is CCn1cc(-c2cc(C(F)F)nc3sc(C(N)=O)c(NC(=O)Cn4ncc(Br)c4C)c23)c(C)n1. The lowest BCUT2D eigenvalue weighted by molar-refractivity contribution is -0.116. The third-order valence-electron chi connectivity index (χ3n) is 5.29. The molecule has 2 amide bonds. The first-order chi connectivity index (χ1) is 16.1. The standard InChI is InChI=1S/C21H20BrF2N7O2S/c1-4-30-7-12(9(2)29-30)11-5-14(19(23)24)27-21-16(11)17(18(34-21)20(25)33)28-15(32)8-31-10(3)13(22)6-26-31/h5-7,19H,4,8H2,1-3H3,(H2,25,33)(H,28,32). The number of hydrogen-bond acceptors (Lipinski definition) is 6. The molecular weight excluding hydrogens is 532 g/mol. The molecule has 4 heterocycles. The number of halogens is 3. The average molecular weight is 552 g/mol. The number of hydrogen-bond donors (Lipinski definition) is 2. The van der Waals surface area contributed by atoms with Gasteiger partial charge in [-0.25, -0.2) is 13.8 Å². The maximum absolute atomic E-state index is 13.7. The first kappa shape index (κ1) is 24.0. The summed E-state index contributed by atoms with van der Waals surface area (Å²) < 4.78 is 31.2. The number of nitrogens with two attached hydrogens (primary N) is 1. The number of fused-ring (bicyclic) bond motifs is 1. The molecule has 9 nitrogen and oxygen atoms in total. The minimum atomic E-state index is -2.83. The van der Waals surface area contributed by atoms with E-state index in [0.29, 0.717) is 28.8 Å². The van der Waals surface area contributed by atoms with Crippen LogP contribution in [0.3, 0.4) is 0 Å². The predicted octanol–water partition coefficient (Wildman–Crippen LogP) is 4.43. The Balaban J connectivity index is 1.90. The van der Waals surface area contributed by atoms with Crippen LogP contribution in [0.15, 0.2) is 22.9 Å². The molecule has 4 aromatic heterocycles. The lowest BCUT2D eigenvalue weighted by Gasteiger charge is -2.11. The predicted molar refractivity (Wildman–Crippen MR) is 128 cm³/mol. The number of alkyl halides is 2. The van der Waals surface area contributed by atoms with Crippen molar-refractivity contribution in [1.29, 1.82) is 0 Å². The van der Waals surface area contributed by atoms with Gasteiger partial charge in [0.25, 0.3) is 12.3 Å². The van der Waals surface area contributed by atoms with Gasteiger partial charge in [0.1, 0.15) is 21.9 Å². The van der Waals surface area contributed by atoms with Crippen LogP contribution in [0.1, 0.15) is 40.1 Å². The van der Waals surface area contributed by atoms with Gasteiger partial charge < -0.3 is 11.1 Å². The van der Waals surface area contributed by atoms with Crippen LogP contribution in [0.4, 0.5) is 14.5 Å². The van der Waals surface area contributed by atoms with Crippen molar-refractivity contribution >= 4 is 55.0 Å². The molecule has 0 bridgehead atoms. The molecule has 0 unspecified atom stereocenters. The van der Waals surface area contributed by atoms with E-state index in [0.717, 1.165) is 21.5 Å². The maximum atomic E-state index is 13.7. The molecule has 178 valence electrons. The molecular formula is C21H20BrF2N7O2S. The summed E-state index contributed by atoms with van der Waals surface area (Å²) in [4.78, 5) is 29.4. The summed E-state index contributed by atoms with van der Waals surface area (Å²) in [6.45, 7) is 5.90. The highest BCUT2D eigenvalue weighted by molar-refractivity contribution is 9.10. The Morgan fingerprint density at radius 2 is 2.03 bits per heavy atom. The van der Waals surface area contributed by atoms with E-state index in [1.165, 1.54) is 10.7 Å². The first-order valence-corrected chi connectivity index (χ1v) is 11.8.